The van der Waals surface area contributed by atoms with Crippen molar-refractivity contribution < 1.29 is 14.3 Å². The summed E-state index contributed by atoms with van der Waals surface area (Å²) in [6.45, 7) is 7.66. The quantitative estimate of drug-likeness (QED) is 0.736. The van der Waals surface area contributed by atoms with Gasteiger partial charge in [0.15, 0.2) is 0 Å². The van der Waals surface area contributed by atoms with E-state index in [1.165, 1.54) is 5.56 Å². The van der Waals surface area contributed by atoms with Crippen molar-refractivity contribution in [3.63, 3.8) is 0 Å². The first-order chi connectivity index (χ1) is 9.78. The summed E-state index contributed by atoms with van der Waals surface area (Å²) in [5.74, 6) is -0.336. The lowest BCUT2D eigenvalue weighted by Crippen LogP contribution is -2.37. The Kier molecular flexibility index (Phi) is 3.04. The normalized spacial score (nSPS) is 17.0. The second-order valence-electron chi connectivity index (χ2n) is 6.71. The Labute approximate surface area is 124 Å². The molecule has 1 aromatic heterocycles. The molecule has 0 saturated carbocycles. The van der Waals surface area contributed by atoms with Crippen molar-refractivity contribution in [1.82, 2.24) is 9.88 Å². The molecule has 112 valence electrons. The largest absolute Gasteiger partial charge is 0.443 e. The van der Waals surface area contributed by atoms with E-state index in [1.807, 2.05) is 6.92 Å². The Hall–Kier alpha value is -1.91. The van der Waals surface area contributed by atoms with E-state index in [9.17, 15) is 9.59 Å². The number of hydrogen-bond acceptors (Lipinski definition) is 4. The number of fused-ring (bicyclic) bond motifs is 2. The molecule has 2 amide bonds. The summed E-state index contributed by atoms with van der Waals surface area (Å²) in [5, 5.41) is 0. The average Bonchev–Trinajstić information content (AvgIpc) is 2.94. The maximum Gasteiger partial charge on any atom is 0.417 e. The number of carbonyl (C=O) groups excluding carboxylic acids is 2. The second-order valence-corrected chi connectivity index (χ2v) is 6.71. The minimum atomic E-state index is -0.615. The highest BCUT2D eigenvalue weighted by Crippen LogP contribution is 2.32. The van der Waals surface area contributed by atoms with Gasteiger partial charge in [-0.1, -0.05) is 0 Å². The van der Waals surface area contributed by atoms with E-state index in [1.54, 1.807) is 20.8 Å². The Balaban J connectivity index is 1.93. The van der Waals surface area contributed by atoms with Crippen molar-refractivity contribution in [2.75, 3.05) is 0 Å². The van der Waals surface area contributed by atoms with Gasteiger partial charge in [-0.05, 0) is 58.1 Å². The van der Waals surface area contributed by atoms with Gasteiger partial charge in [0.1, 0.15) is 11.3 Å². The lowest BCUT2D eigenvalue weighted by Gasteiger charge is -2.23. The fourth-order valence-electron chi connectivity index (χ4n) is 3.01. The van der Waals surface area contributed by atoms with Crippen LogP contribution in [0.3, 0.4) is 0 Å². The van der Waals surface area contributed by atoms with Crippen LogP contribution in [0, 0.1) is 6.92 Å². The molecule has 2 aliphatic rings. The highest BCUT2D eigenvalue weighted by atomic mass is 16.6. The van der Waals surface area contributed by atoms with Gasteiger partial charge in [0.25, 0.3) is 5.91 Å². The molecule has 5 nitrogen and oxygen atoms in total. The Morgan fingerprint density at radius 2 is 1.95 bits per heavy atom. The van der Waals surface area contributed by atoms with Crippen molar-refractivity contribution >= 4 is 12.0 Å². The zero-order valence-electron chi connectivity index (χ0n) is 12.9. The highest BCUT2D eigenvalue weighted by Gasteiger charge is 2.38. The third-order valence-corrected chi connectivity index (χ3v) is 4.00. The van der Waals surface area contributed by atoms with Crippen LogP contribution in [0.2, 0.25) is 0 Å². The predicted molar refractivity (Wildman–Crippen MR) is 77.1 cm³/mol. The van der Waals surface area contributed by atoms with Gasteiger partial charge in [-0.3, -0.25) is 4.79 Å². The molecular formula is C16H20N2O3. The summed E-state index contributed by atoms with van der Waals surface area (Å²) >= 11 is 0. The van der Waals surface area contributed by atoms with E-state index in [2.05, 4.69) is 4.98 Å². The van der Waals surface area contributed by atoms with Gasteiger partial charge in [0, 0.05) is 11.3 Å². The fourth-order valence-corrected chi connectivity index (χ4v) is 3.01. The molecule has 2 heterocycles. The van der Waals surface area contributed by atoms with E-state index in [-0.39, 0.29) is 12.5 Å². The van der Waals surface area contributed by atoms with E-state index in [0.717, 1.165) is 41.0 Å². The summed E-state index contributed by atoms with van der Waals surface area (Å²) in [7, 11) is 0. The summed E-state index contributed by atoms with van der Waals surface area (Å²) < 4.78 is 5.30. The van der Waals surface area contributed by atoms with Crippen LogP contribution < -0.4 is 0 Å². The van der Waals surface area contributed by atoms with Crippen LogP contribution in [0.25, 0.3) is 0 Å². The summed E-state index contributed by atoms with van der Waals surface area (Å²) in [4.78, 5) is 30.3. The molecule has 1 aromatic rings. The van der Waals surface area contributed by atoms with Crippen LogP contribution in [-0.2, 0) is 24.1 Å². The lowest BCUT2D eigenvalue weighted by atomic mass is 10.0. The van der Waals surface area contributed by atoms with E-state index in [0.29, 0.717) is 5.69 Å². The molecule has 0 spiro atoms. The van der Waals surface area contributed by atoms with Gasteiger partial charge in [0.2, 0.25) is 0 Å². The van der Waals surface area contributed by atoms with E-state index >= 15 is 0 Å². The molecule has 0 radical (unpaired) electrons. The SMILES string of the molecule is Cc1c2c(nc3c1CN(C(=O)OC(C)(C)C)C3=O)CCC2. The van der Waals surface area contributed by atoms with Gasteiger partial charge >= 0.3 is 6.09 Å². The number of imide groups is 1. The summed E-state index contributed by atoms with van der Waals surface area (Å²) in [6, 6.07) is 0. The molecule has 0 N–H and O–H groups in total. The number of carbonyl (C=O) groups is 2. The number of rotatable bonds is 0. The monoisotopic (exact) mass is 288 g/mol. The zero-order chi connectivity index (χ0) is 15.4. The standard InChI is InChI=1S/C16H20N2O3/c1-9-10-6-5-7-12(10)17-13-11(9)8-18(14(13)19)15(20)21-16(2,3)4/h5-8H2,1-4H3. The molecular weight excluding hydrogens is 268 g/mol. The minimum absolute atomic E-state index is 0.273. The number of aryl methyl sites for hydroxylation is 1. The highest BCUT2D eigenvalue weighted by molar-refractivity contribution is 6.05. The Bertz CT molecular complexity index is 644. The predicted octanol–water partition coefficient (Wildman–Crippen LogP) is 2.77. The van der Waals surface area contributed by atoms with Gasteiger partial charge in [0.05, 0.1) is 6.54 Å². The number of nitrogens with zero attached hydrogens (tertiary/aromatic N) is 2. The van der Waals surface area contributed by atoms with Gasteiger partial charge in [-0.25, -0.2) is 14.7 Å². The molecule has 0 atom stereocenters. The summed E-state index contributed by atoms with van der Waals surface area (Å²) in [5.41, 5.74) is 4.09. The van der Waals surface area contributed by atoms with Crippen LogP contribution in [0.5, 0.6) is 0 Å². The van der Waals surface area contributed by atoms with Crippen molar-refractivity contribution in [2.24, 2.45) is 0 Å². The van der Waals surface area contributed by atoms with Gasteiger partial charge in [-0.2, -0.15) is 0 Å². The average molecular weight is 288 g/mol. The third-order valence-electron chi connectivity index (χ3n) is 4.00. The van der Waals surface area contributed by atoms with Crippen LogP contribution in [-0.4, -0.2) is 27.5 Å². The molecule has 1 aliphatic carbocycles. The van der Waals surface area contributed by atoms with Crippen molar-refractivity contribution in [3.05, 3.63) is 28.1 Å². The molecule has 1 aliphatic heterocycles. The topological polar surface area (TPSA) is 59.5 Å². The molecule has 0 fully saturated rings. The maximum absolute atomic E-state index is 12.4. The molecule has 5 heteroatoms. The van der Waals surface area contributed by atoms with Crippen molar-refractivity contribution in [1.29, 1.82) is 0 Å². The molecule has 0 bridgehead atoms. The Morgan fingerprint density at radius 3 is 2.62 bits per heavy atom. The van der Waals surface area contributed by atoms with Crippen LogP contribution in [0.4, 0.5) is 4.79 Å². The first-order valence-corrected chi connectivity index (χ1v) is 7.34. The first-order valence-electron chi connectivity index (χ1n) is 7.34. The van der Waals surface area contributed by atoms with E-state index < -0.39 is 11.7 Å². The molecule has 0 unspecified atom stereocenters. The molecule has 21 heavy (non-hydrogen) atoms. The van der Waals surface area contributed by atoms with Crippen molar-refractivity contribution in [2.45, 2.75) is 59.1 Å². The van der Waals surface area contributed by atoms with Crippen LogP contribution >= 0.6 is 0 Å². The maximum atomic E-state index is 12.4. The first kappa shape index (κ1) is 14.0. The fraction of sp³-hybridized carbons (Fsp3) is 0.562. The number of hydrogen-bond donors (Lipinski definition) is 0. The minimum Gasteiger partial charge on any atom is -0.443 e. The smallest absolute Gasteiger partial charge is 0.417 e. The van der Waals surface area contributed by atoms with Crippen molar-refractivity contribution in [3.8, 4) is 0 Å². The number of amides is 2. The number of ether oxygens (including phenoxy) is 1. The van der Waals surface area contributed by atoms with Crippen LogP contribution in [0.15, 0.2) is 0 Å². The van der Waals surface area contributed by atoms with Gasteiger partial charge in [-0.15, -0.1) is 0 Å². The van der Waals surface area contributed by atoms with Gasteiger partial charge < -0.3 is 4.74 Å². The second kappa shape index (κ2) is 4.55. The molecule has 0 saturated heterocycles. The number of pyridine rings is 1. The lowest BCUT2D eigenvalue weighted by molar-refractivity contribution is 0.0247. The van der Waals surface area contributed by atoms with E-state index in [4.69, 9.17) is 4.74 Å². The Morgan fingerprint density at radius 1 is 1.24 bits per heavy atom. The third kappa shape index (κ3) is 2.30. The molecule has 0 aromatic carbocycles. The number of aromatic nitrogens is 1. The summed E-state index contributed by atoms with van der Waals surface area (Å²) in [6.07, 6.45) is 2.44. The molecule has 3 rings (SSSR count). The van der Waals surface area contributed by atoms with Crippen LogP contribution in [0.1, 0.15) is 60.1 Å². The zero-order valence-corrected chi connectivity index (χ0v) is 12.9.